The zero-order chi connectivity index (χ0) is 9.90. The monoisotopic (exact) mass is 247 g/mol. The van der Waals surface area contributed by atoms with Crippen LogP contribution in [0.1, 0.15) is 39.5 Å². The average molecular weight is 248 g/mol. The number of nitrogens with one attached hydrogen (secondary N) is 1. The summed E-state index contributed by atoms with van der Waals surface area (Å²) in [6.07, 6.45) is 5.36. The van der Waals surface area contributed by atoms with Crippen molar-refractivity contribution in [3.8, 4) is 0 Å². The summed E-state index contributed by atoms with van der Waals surface area (Å²) >= 11 is 2.89. The Labute approximate surface area is 88.6 Å². The highest BCUT2D eigenvalue weighted by molar-refractivity contribution is 9.18. The Hall–Kier alpha value is -0.0500. The van der Waals surface area contributed by atoms with Crippen LogP contribution in [0, 0.1) is 11.3 Å². The van der Waals surface area contributed by atoms with Crippen LogP contribution in [0.5, 0.6) is 0 Å². The summed E-state index contributed by atoms with van der Waals surface area (Å²) in [6, 6.07) is 0. The molecule has 1 aliphatic carbocycles. The first kappa shape index (κ1) is 11.0. The summed E-state index contributed by atoms with van der Waals surface area (Å²) in [7, 11) is 0. The molecule has 3 heteroatoms. The van der Waals surface area contributed by atoms with Crippen molar-refractivity contribution >= 4 is 20.7 Å². The van der Waals surface area contributed by atoms with Gasteiger partial charge in [0, 0.05) is 22.5 Å². The highest BCUT2D eigenvalue weighted by Gasteiger charge is 2.31. The minimum absolute atomic E-state index is 0.0985. The second kappa shape index (κ2) is 4.45. The Balaban J connectivity index is 2.39. The van der Waals surface area contributed by atoms with E-state index >= 15 is 0 Å². The molecule has 2 nitrogen and oxygen atoms in total. The van der Waals surface area contributed by atoms with Crippen molar-refractivity contribution in [2.24, 2.45) is 11.3 Å². The van der Waals surface area contributed by atoms with Crippen LogP contribution >= 0.6 is 15.9 Å². The largest absolute Gasteiger partial charge is 0.346 e. The fourth-order valence-electron chi connectivity index (χ4n) is 2.15. The molecule has 0 bridgehead atoms. The van der Waals surface area contributed by atoms with Crippen molar-refractivity contribution in [1.82, 2.24) is 5.32 Å². The molecule has 0 spiro atoms. The average Bonchev–Trinajstić information content (AvgIpc) is 2.53. The van der Waals surface area contributed by atoms with Gasteiger partial charge in [0.15, 0.2) is 0 Å². The van der Waals surface area contributed by atoms with E-state index in [2.05, 4.69) is 35.1 Å². The molecule has 1 aliphatic rings. The SMILES string of the molecule is CC(C)(CNC(=O)Br)C1CCCC1. The summed E-state index contributed by atoms with van der Waals surface area (Å²) in [4.78, 5) is 10.6. The molecule has 13 heavy (non-hydrogen) atoms. The Morgan fingerprint density at radius 3 is 2.46 bits per heavy atom. The van der Waals surface area contributed by atoms with Gasteiger partial charge in [-0.25, -0.2) is 0 Å². The van der Waals surface area contributed by atoms with Gasteiger partial charge in [-0.1, -0.05) is 26.7 Å². The van der Waals surface area contributed by atoms with Crippen LogP contribution in [0.15, 0.2) is 0 Å². The molecule has 0 aromatic heterocycles. The van der Waals surface area contributed by atoms with Crippen molar-refractivity contribution in [3.63, 3.8) is 0 Å². The molecule has 0 unspecified atom stereocenters. The summed E-state index contributed by atoms with van der Waals surface area (Å²) in [5.74, 6) is 0.784. The molecule has 1 saturated carbocycles. The summed E-state index contributed by atoms with van der Waals surface area (Å²) < 4.78 is 0. The van der Waals surface area contributed by atoms with Gasteiger partial charge in [-0.05, 0) is 24.2 Å². The summed E-state index contributed by atoms with van der Waals surface area (Å²) in [6.45, 7) is 5.26. The van der Waals surface area contributed by atoms with E-state index in [-0.39, 0.29) is 10.2 Å². The Morgan fingerprint density at radius 1 is 1.46 bits per heavy atom. The van der Waals surface area contributed by atoms with E-state index < -0.39 is 0 Å². The van der Waals surface area contributed by atoms with E-state index in [9.17, 15) is 4.79 Å². The molecule has 1 N–H and O–H groups in total. The summed E-state index contributed by atoms with van der Waals surface area (Å²) in [5.41, 5.74) is 0.250. The summed E-state index contributed by atoms with van der Waals surface area (Å²) in [5, 5.41) is 2.84. The van der Waals surface area contributed by atoms with Crippen LogP contribution in [0.25, 0.3) is 0 Å². The van der Waals surface area contributed by atoms with Crippen LogP contribution in [0.2, 0.25) is 0 Å². The fraction of sp³-hybridized carbons (Fsp3) is 0.900. The van der Waals surface area contributed by atoms with Gasteiger partial charge >= 0.3 is 0 Å². The molecule has 0 aliphatic heterocycles. The molecular formula is C10H18BrNO. The van der Waals surface area contributed by atoms with Gasteiger partial charge in [0.1, 0.15) is 0 Å². The van der Waals surface area contributed by atoms with Gasteiger partial charge in [-0.15, -0.1) is 0 Å². The van der Waals surface area contributed by atoms with Gasteiger partial charge in [0.05, 0.1) is 0 Å². The highest BCUT2D eigenvalue weighted by atomic mass is 79.9. The van der Waals surface area contributed by atoms with Crippen LogP contribution in [-0.2, 0) is 0 Å². The first-order chi connectivity index (χ1) is 6.02. The van der Waals surface area contributed by atoms with E-state index in [1.807, 2.05) is 0 Å². The lowest BCUT2D eigenvalue weighted by Crippen LogP contribution is -2.35. The maximum absolute atomic E-state index is 10.7. The topological polar surface area (TPSA) is 29.1 Å². The van der Waals surface area contributed by atoms with Crippen molar-refractivity contribution in [3.05, 3.63) is 0 Å². The fourth-order valence-corrected chi connectivity index (χ4v) is 2.29. The maximum Gasteiger partial charge on any atom is 0.287 e. The van der Waals surface area contributed by atoms with Crippen LogP contribution in [0.3, 0.4) is 0 Å². The number of carbonyl (C=O) groups excluding carboxylic acids is 1. The lowest BCUT2D eigenvalue weighted by Gasteiger charge is -2.31. The Kier molecular flexibility index (Phi) is 3.77. The third-order valence-corrected chi connectivity index (χ3v) is 3.42. The predicted molar refractivity (Wildman–Crippen MR) is 58.1 cm³/mol. The molecule has 1 fully saturated rings. The Bertz CT molecular complexity index is 185. The molecule has 0 saturated heterocycles. The molecule has 0 aromatic carbocycles. The third-order valence-electron chi connectivity index (χ3n) is 3.14. The van der Waals surface area contributed by atoms with Crippen molar-refractivity contribution in [2.75, 3.05) is 6.54 Å². The number of carbonyl (C=O) groups is 1. The lowest BCUT2D eigenvalue weighted by molar-refractivity contribution is 0.207. The van der Waals surface area contributed by atoms with Gasteiger partial charge in [0.2, 0.25) is 0 Å². The smallest absolute Gasteiger partial charge is 0.287 e. The van der Waals surface area contributed by atoms with Crippen LogP contribution in [-0.4, -0.2) is 11.4 Å². The van der Waals surface area contributed by atoms with Crippen LogP contribution < -0.4 is 5.32 Å². The third kappa shape index (κ3) is 3.29. The highest BCUT2D eigenvalue weighted by Crippen LogP contribution is 2.38. The van der Waals surface area contributed by atoms with E-state index in [1.165, 1.54) is 25.7 Å². The van der Waals surface area contributed by atoms with Gasteiger partial charge in [-0.2, -0.15) is 0 Å². The van der Waals surface area contributed by atoms with Crippen molar-refractivity contribution in [2.45, 2.75) is 39.5 Å². The van der Waals surface area contributed by atoms with E-state index in [1.54, 1.807) is 0 Å². The van der Waals surface area contributed by atoms with Crippen molar-refractivity contribution < 1.29 is 4.79 Å². The zero-order valence-corrected chi connectivity index (χ0v) is 9.99. The van der Waals surface area contributed by atoms with Gasteiger partial charge in [0.25, 0.3) is 4.82 Å². The molecule has 0 aromatic rings. The number of amides is 1. The minimum atomic E-state index is -0.0985. The molecule has 0 radical (unpaired) electrons. The van der Waals surface area contributed by atoms with Crippen molar-refractivity contribution in [1.29, 1.82) is 0 Å². The molecule has 0 atom stereocenters. The second-order valence-electron chi connectivity index (χ2n) is 4.60. The first-order valence-corrected chi connectivity index (χ1v) is 5.75. The minimum Gasteiger partial charge on any atom is -0.346 e. The molecule has 76 valence electrons. The number of hydrogen-bond donors (Lipinski definition) is 1. The molecule has 1 rings (SSSR count). The lowest BCUT2D eigenvalue weighted by atomic mass is 9.78. The van der Waals surface area contributed by atoms with E-state index in [0.29, 0.717) is 0 Å². The number of rotatable bonds is 3. The van der Waals surface area contributed by atoms with Gasteiger partial charge in [-0.3, -0.25) is 4.79 Å². The van der Waals surface area contributed by atoms with Crippen LogP contribution in [0.4, 0.5) is 4.79 Å². The standard InChI is InChI=1S/C10H18BrNO/c1-10(2,7-12-9(11)13)8-5-3-4-6-8/h8H,3-7H2,1-2H3,(H,12,13). The normalized spacial score (nSPS) is 19.0. The molecule has 1 amide bonds. The van der Waals surface area contributed by atoms with E-state index in [4.69, 9.17) is 0 Å². The zero-order valence-electron chi connectivity index (χ0n) is 8.40. The quantitative estimate of drug-likeness (QED) is 0.602. The molecular weight excluding hydrogens is 230 g/mol. The number of halogens is 1. The predicted octanol–water partition coefficient (Wildman–Crippen LogP) is 3.31. The second-order valence-corrected chi connectivity index (χ2v) is 5.32. The molecule has 0 heterocycles. The van der Waals surface area contributed by atoms with E-state index in [0.717, 1.165) is 12.5 Å². The Morgan fingerprint density at radius 2 is 2.00 bits per heavy atom. The maximum atomic E-state index is 10.7. The number of hydrogen-bond acceptors (Lipinski definition) is 1. The van der Waals surface area contributed by atoms with Gasteiger partial charge < -0.3 is 5.32 Å². The first-order valence-electron chi connectivity index (χ1n) is 4.96.